The zero-order valence-electron chi connectivity index (χ0n) is 25.0. The molecule has 2 fully saturated rings. The molecule has 10 nitrogen and oxygen atoms in total. The van der Waals surface area contributed by atoms with Crippen LogP contribution in [0.15, 0.2) is 23.4 Å². The minimum absolute atomic E-state index is 0.0971. The van der Waals surface area contributed by atoms with Gasteiger partial charge in [0, 0.05) is 12.1 Å². The Balaban J connectivity index is 0.00000287. The van der Waals surface area contributed by atoms with E-state index in [0.717, 1.165) is 50.5 Å². The van der Waals surface area contributed by atoms with Gasteiger partial charge in [-0.2, -0.15) is 0 Å². The van der Waals surface area contributed by atoms with Gasteiger partial charge < -0.3 is 26.0 Å². The van der Waals surface area contributed by atoms with Gasteiger partial charge in [0.25, 0.3) is 5.91 Å². The Labute approximate surface area is 243 Å². The van der Waals surface area contributed by atoms with Gasteiger partial charge in [-0.15, -0.1) is 12.8 Å². The number of nitrogens with two attached hydrogens (primary N) is 1. The van der Waals surface area contributed by atoms with Gasteiger partial charge in [-0.25, -0.2) is 4.79 Å². The van der Waals surface area contributed by atoms with Crippen LogP contribution in [0, 0.1) is 24.7 Å². The number of rotatable bonds is 10. The Kier molecular flexibility index (Phi) is 12.2. The summed E-state index contributed by atoms with van der Waals surface area (Å²) in [6.07, 6.45) is 18.0. The van der Waals surface area contributed by atoms with E-state index in [1.165, 1.54) is 4.90 Å². The molecule has 226 valence electrons. The fourth-order valence-electron chi connectivity index (χ4n) is 5.55. The summed E-state index contributed by atoms with van der Waals surface area (Å²) in [6, 6.07) is -2.83. The first-order valence-electron chi connectivity index (χ1n) is 14.4. The zero-order valence-corrected chi connectivity index (χ0v) is 25.0. The summed E-state index contributed by atoms with van der Waals surface area (Å²) < 4.78 is 5.47. The second-order valence-electron chi connectivity index (χ2n) is 12.0. The van der Waals surface area contributed by atoms with Crippen molar-refractivity contribution < 1.29 is 28.7 Å². The molecule has 1 heterocycles. The van der Waals surface area contributed by atoms with E-state index in [9.17, 15) is 24.0 Å². The molecule has 10 heteroatoms. The van der Waals surface area contributed by atoms with E-state index in [-0.39, 0.29) is 24.2 Å². The third-order valence-electron chi connectivity index (χ3n) is 7.66. The summed E-state index contributed by atoms with van der Waals surface area (Å²) in [7, 11) is 0. The molecule has 0 aromatic carbocycles. The molecule has 1 aliphatic heterocycles. The van der Waals surface area contributed by atoms with Crippen LogP contribution in [0.1, 0.15) is 92.4 Å². The molecule has 2 aliphatic carbocycles. The molecule has 2 saturated carbocycles. The lowest BCUT2D eigenvalue weighted by molar-refractivity contribution is -0.142. The van der Waals surface area contributed by atoms with Crippen molar-refractivity contribution in [3.8, 4) is 12.8 Å². The molecule has 2 unspecified atom stereocenters. The molecule has 0 radical (unpaired) electrons. The number of Topliss-reactive ketones (excluding diaryl/α,β-unsaturated/α-hetero) is 1. The van der Waals surface area contributed by atoms with Crippen molar-refractivity contribution in [2.45, 2.75) is 116 Å². The highest BCUT2D eigenvalue weighted by Crippen LogP contribution is 2.36. The van der Waals surface area contributed by atoms with Gasteiger partial charge in [0.15, 0.2) is 0 Å². The number of carbonyl (C=O) groups is 5. The van der Waals surface area contributed by atoms with Gasteiger partial charge >= 0.3 is 6.09 Å². The van der Waals surface area contributed by atoms with Crippen LogP contribution >= 0.6 is 0 Å². The Morgan fingerprint density at radius 1 is 1.05 bits per heavy atom. The smallest absolute Gasteiger partial charge is 0.408 e. The van der Waals surface area contributed by atoms with Crippen molar-refractivity contribution >= 4 is 29.6 Å². The minimum Gasteiger partial charge on any atom is -0.444 e. The van der Waals surface area contributed by atoms with Gasteiger partial charge in [-0.05, 0) is 71.3 Å². The van der Waals surface area contributed by atoms with Crippen LogP contribution in [0.25, 0.3) is 0 Å². The van der Waals surface area contributed by atoms with Gasteiger partial charge in [-0.3, -0.25) is 19.2 Å². The number of carbonyl (C=O) groups excluding carboxylic acids is 5. The Bertz CT molecular complexity index is 1080. The minimum atomic E-state index is -1.09. The van der Waals surface area contributed by atoms with Gasteiger partial charge in [-0.1, -0.05) is 44.3 Å². The molecular weight excluding hydrogens is 524 g/mol. The second-order valence-corrected chi connectivity index (χ2v) is 12.0. The summed E-state index contributed by atoms with van der Waals surface area (Å²) in [5.74, 6) is -2.68. The third kappa shape index (κ3) is 9.48. The number of allylic oxidation sites excluding steroid dienone is 3. The second kappa shape index (κ2) is 14.9. The maximum absolute atomic E-state index is 14.2. The summed E-state index contributed by atoms with van der Waals surface area (Å²) in [5, 5.41) is 5.54. The normalized spacial score (nSPS) is 21.0. The molecule has 0 aromatic rings. The molecule has 4 N–H and O–H groups in total. The van der Waals surface area contributed by atoms with E-state index in [0.29, 0.717) is 12.1 Å². The first kappa shape index (κ1) is 33.6. The molecule has 0 aromatic heterocycles. The predicted molar refractivity (Wildman–Crippen MR) is 156 cm³/mol. The molecule has 41 heavy (non-hydrogen) atoms. The lowest BCUT2D eigenvalue weighted by Crippen LogP contribution is -2.58. The Hall–Kier alpha value is -3.61. The summed E-state index contributed by atoms with van der Waals surface area (Å²) in [6.45, 7) is 8.90. The molecular formula is C31H46N4O6. The van der Waals surface area contributed by atoms with Gasteiger partial charge in [0.2, 0.25) is 17.6 Å². The summed E-state index contributed by atoms with van der Waals surface area (Å²) >= 11 is 0. The lowest BCUT2D eigenvalue weighted by atomic mass is 9.83. The van der Waals surface area contributed by atoms with E-state index in [2.05, 4.69) is 23.5 Å². The fraction of sp³-hybridized carbons (Fsp3) is 0.645. The number of alkyl carbamates (subject to hydrolysis) is 1. The van der Waals surface area contributed by atoms with Gasteiger partial charge in [0.1, 0.15) is 17.7 Å². The number of ketones is 1. The monoisotopic (exact) mass is 570 g/mol. The van der Waals surface area contributed by atoms with E-state index >= 15 is 0 Å². The SMILES string of the molecule is C#C.C/C=C\C1=C(C)N(C(=O)C(NC(=O)OC(C)(C)C)C2CCCCC2)[C@H](C(=O)NC(CC2CC2)C(=O)C(N)=O)C1. The molecule has 0 saturated heterocycles. The molecule has 0 bridgehead atoms. The first-order chi connectivity index (χ1) is 19.3. The van der Waals surface area contributed by atoms with Crippen LogP contribution in [-0.2, 0) is 23.9 Å². The fourth-order valence-corrected chi connectivity index (χ4v) is 5.55. The summed E-state index contributed by atoms with van der Waals surface area (Å²) in [4.78, 5) is 66.3. The standard InChI is InChI=1S/C29H44N4O6.C2H2/c1-6-10-20-16-22(26(36)31-21(15-18-13-14-18)24(34)25(30)35)33(17(20)2)27(37)23(19-11-8-7-9-12-19)32-28(38)39-29(3,4)5;1-2/h6,10,18-19,21-23H,7-9,11-16H2,1-5H3,(H2,30,35)(H,31,36)(H,32,38);1-2H/b10-6-;/t21?,22-,23?;/m0./s1. The third-order valence-corrected chi connectivity index (χ3v) is 7.66. The average molecular weight is 571 g/mol. The average Bonchev–Trinajstić information content (AvgIpc) is 3.68. The highest BCUT2D eigenvalue weighted by atomic mass is 16.6. The van der Waals surface area contributed by atoms with Gasteiger partial charge in [0.05, 0.1) is 6.04 Å². The van der Waals surface area contributed by atoms with Crippen molar-refractivity contribution in [2.75, 3.05) is 0 Å². The van der Waals surface area contributed by atoms with E-state index in [4.69, 9.17) is 10.5 Å². The highest BCUT2D eigenvalue weighted by Gasteiger charge is 2.44. The van der Waals surface area contributed by atoms with Crippen molar-refractivity contribution in [3.05, 3.63) is 23.4 Å². The Morgan fingerprint density at radius 2 is 1.66 bits per heavy atom. The number of hydrogen-bond donors (Lipinski definition) is 3. The largest absolute Gasteiger partial charge is 0.444 e. The number of nitrogens with zero attached hydrogens (tertiary/aromatic N) is 1. The predicted octanol–water partition coefficient (Wildman–Crippen LogP) is 3.50. The van der Waals surface area contributed by atoms with Crippen molar-refractivity contribution in [1.29, 1.82) is 0 Å². The number of amides is 4. The first-order valence-corrected chi connectivity index (χ1v) is 14.4. The van der Waals surface area contributed by atoms with Crippen LogP contribution in [0.4, 0.5) is 4.79 Å². The maximum atomic E-state index is 14.2. The van der Waals surface area contributed by atoms with E-state index < -0.39 is 47.4 Å². The van der Waals surface area contributed by atoms with Crippen LogP contribution in [0.3, 0.4) is 0 Å². The lowest BCUT2D eigenvalue weighted by Gasteiger charge is -2.36. The molecule has 3 atom stereocenters. The van der Waals surface area contributed by atoms with Crippen molar-refractivity contribution in [3.63, 3.8) is 0 Å². The molecule has 4 amide bonds. The summed E-state index contributed by atoms with van der Waals surface area (Å²) in [5.41, 5.74) is 5.95. The molecule has 3 rings (SSSR count). The van der Waals surface area contributed by atoms with Crippen LogP contribution in [0.5, 0.6) is 0 Å². The molecule has 3 aliphatic rings. The quantitative estimate of drug-likeness (QED) is 0.270. The zero-order chi connectivity index (χ0) is 30.9. The number of hydrogen-bond acceptors (Lipinski definition) is 6. The van der Waals surface area contributed by atoms with Crippen molar-refractivity contribution in [1.82, 2.24) is 15.5 Å². The number of nitrogens with one attached hydrogen (secondary N) is 2. The maximum Gasteiger partial charge on any atom is 0.408 e. The number of primary amides is 1. The molecule has 0 spiro atoms. The Morgan fingerprint density at radius 3 is 2.17 bits per heavy atom. The van der Waals surface area contributed by atoms with E-state index in [1.807, 2.05) is 19.1 Å². The van der Waals surface area contributed by atoms with Crippen molar-refractivity contribution in [2.24, 2.45) is 17.6 Å². The highest BCUT2D eigenvalue weighted by molar-refractivity contribution is 6.37. The van der Waals surface area contributed by atoms with E-state index in [1.54, 1.807) is 27.7 Å². The van der Waals surface area contributed by atoms with Crippen LogP contribution in [-0.4, -0.2) is 58.2 Å². The number of ether oxygens (including phenoxy) is 1. The van der Waals surface area contributed by atoms with Crippen LogP contribution < -0.4 is 16.4 Å². The number of terminal acetylenes is 1. The van der Waals surface area contributed by atoms with Crippen LogP contribution in [0.2, 0.25) is 0 Å². The topological polar surface area (TPSA) is 148 Å².